The number of hydrogen-bond acceptors (Lipinski definition) is 2. The standard InChI is InChI=1S/C16H23N5/c1-3-4-9-19-16(17-2)20-12-14-7-5-6-8-15(14)21-11-10-18-13-21/h5-8,10-11,13H,3-4,9,12H2,1-2H3,(H2,17,19,20). The fourth-order valence-electron chi connectivity index (χ4n) is 2.10. The molecular formula is C16H23N5. The van der Waals surface area contributed by atoms with Gasteiger partial charge >= 0.3 is 0 Å². The smallest absolute Gasteiger partial charge is 0.191 e. The van der Waals surface area contributed by atoms with Gasteiger partial charge in [-0.1, -0.05) is 31.5 Å². The van der Waals surface area contributed by atoms with E-state index in [4.69, 9.17) is 0 Å². The molecule has 0 fully saturated rings. The van der Waals surface area contributed by atoms with Crippen molar-refractivity contribution in [3.63, 3.8) is 0 Å². The van der Waals surface area contributed by atoms with E-state index < -0.39 is 0 Å². The van der Waals surface area contributed by atoms with Gasteiger partial charge in [-0.3, -0.25) is 4.99 Å². The van der Waals surface area contributed by atoms with Crippen LogP contribution >= 0.6 is 0 Å². The molecule has 0 aliphatic carbocycles. The highest BCUT2D eigenvalue weighted by molar-refractivity contribution is 5.79. The third-order valence-electron chi connectivity index (χ3n) is 3.27. The Bertz CT molecular complexity index is 560. The van der Waals surface area contributed by atoms with Crippen LogP contribution in [-0.4, -0.2) is 29.1 Å². The Balaban J connectivity index is 2.00. The molecule has 1 aromatic carbocycles. The van der Waals surface area contributed by atoms with Gasteiger partial charge in [0.15, 0.2) is 5.96 Å². The molecule has 1 aromatic heterocycles. The van der Waals surface area contributed by atoms with E-state index in [9.17, 15) is 0 Å². The summed E-state index contributed by atoms with van der Waals surface area (Å²) >= 11 is 0. The maximum Gasteiger partial charge on any atom is 0.191 e. The molecule has 0 spiro atoms. The summed E-state index contributed by atoms with van der Waals surface area (Å²) in [5.41, 5.74) is 2.33. The van der Waals surface area contributed by atoms with Crippen LogP contribution in [-0.2, 0) is 6.54 Å². The molecule has 2 N–H and O–H groups in total. The predicted octanol–water partition coefficient (Wildman–Crippen LogP) is 2.34. The summed E-state index contributed by atoms with van der Waals surface area (Å²) in [6.07, 6.45) is 7.87. The van der Waals surface area contributed by atoms with Crippen molar-refractivity contribution in [2.24, 2.45) is 4.99 Å². The van der Waals surface area contributed by atoms with Gasteiger partial charge in [0, 0.05) is 32.5 Å². The number of nitrogens with one attached hydrogen (secondary N) is 2. The molecule has 0 aliphatic heterocycles. The molecule has 0 aliphatic rings. The second kappa shape index (κ2) is 8.09. The minimum absolute atomic E-state index is 0.722. The van der Waals surface area contributed by atoms with Gasteiger partial charge in [-0.25, -0.2) is 4.98 Å². The first kappa shape index (κ1) is 15.1. The monoisotopic (exact) mass is 285 g/mol. The molecule has 0 amide bonds. The fourth-order valence-corrected chi connectivity index (χ4v) is 2.10. The first-order valence-corrected chi connectivity index (χ1v) is 7.36. The van der Waals surface area contributed by atoms with E-state index >= 15 is 0 Å². The number of hydrogen-bond donors (Lipinski definition) is 2. The van der Waals surface area contributed by atoms with Crippen LogP contribution in [0.25, 0.3) is 5.69 Å². The Morgan fingerprint density at radius 2 is 2.14 bits per heavy atom. The van der Waals surface area contributed by atoms with Gasteiger partial charge in [0.25, 0.3) is 0 Å². The predicted molar refractivity (Wildman–Crippen MR) is 86.7 cm³/mol. The Morgan fingerprint density at radius 1 is 1.29 bits per heavy atom. The molecule has 21 heavy (non-hydrogen) atoms. The molecule has 0 radical (unpaired) electrons. The maximum atomic E-state index is 4.24. The first-order valence-electron chi connectivity index (χ1n) is 7.36. The minimum Gasteiger partial charge on any atom is -0.356 e. The number of aliphatic imine (C=N–C) groups is 1. The number of para-hydroxylation sites is 1. The van der Waals surface area contributed by atoms with Crippen molar-refractivity contribution >= 4 is 5.96 Å². The van der Waals surface area contributed by atoms with E-state index in [0.29, 0.717) is 0 Å². The number of guanidine groups is 1. The summed E-state index contributed by atoms with van der Waals surface area (Å²) in [6.45, 7) is 3.85. The van der Waals surface area contributed by atoms with Crippen molar-refractivity contribution in [1.82, 2.24) is 20.2 Å². The van der Waals surface area contributed by atoms with Gasteiger partial charge in [0.1, 0.15) is 0 Å². The van der Waals surface area contributed by atoms with Gasteiger partial charge in [-0.05, 0) is 18.1 Å². The summed E-state index contributed by atoms with van der Waals surface area (Å²) in [4.78, 5) is 8.35. The van der Waals surface area contributed by atoms with E-state index in [0.717, 1.165) is 31.2 Å². The number of nitrogens with zero attached hydrogens (tertiary/aromatic N) is 3. The quantitative estimate of drug-likeness (QED) is 0.486. The largest absolute Gasteiger partial charge is 0.356 e. The zero-order chi connectivity index (χ0) is 14.9. The van der Waals surface area contributed by atoms with E-state index in [2.05, 4.69) is 39.7 Å². The summed E-state index contributed by atoms with van der Waals surface area (Å²) in [6, 6.07) is 8.28. The molecule has 0 saturated carbocycles. The van der Waals surface area contributed by atoms with Gasteiger partial charge in [-0.15, -0.1) is 0 Å². The van der Waals surface area contributed by atoms with Crippen molar-refractivity contribution < 1.29 is 0 Å². The average Bonchev–Trinajstić information content (AvgIpc) is 3.05. The van der Waals surface area contributed by atoms with Gasteiger partial charge in [0.2, 0.25) is 0 Å². The maximum absolute atomic E-state index is 4.24. The SMILES string of the molecule is CCCCNC(=NC)NCc1ccccc1-n1ccnc1. The van der Waals surface area contributed by atoms with Crippen molar-refractivity contribution in [3.05, 3.63) is 48.5 Å². The summed E-state index contributed by atoms with van der Waals surface area (Å²) in [7, 11) is 1.79. The lowest BCUT2D eigenvalue weighted by Gasteiger charge is -2.14. The number of rotatable bonds is 6. The lowest BCUT2D eigenvalue weighted by molar-refractivity contribution is 0.728. The molecule has 5 heteroatoms. The number of benzene rings is 1. The van der Waals surface area contributed by atoms with Crippen molar-refractivity contribution in [3.8, 4) is 5.69 Å². The number of imidazole rings is 1. The third kappa shape index (κ3) is 4.34. The molecule has 1 heterocycles. The molecule has 0 saturated heterocycles. The van der Waals surface area contributed by atoms with Crippen LogP contribution in [0.5, 0.6) is 0 Å². The van der Waals surface area contributed by atoms with E-state index in [1.807, 2.05) is 29.2 Å². The van der Waals surface area contributed by atoms with Crippen LogP contribution in [0.4, 0.5) is 0 Å². The van der Waals surface area contributed by atoms with E-state index in [1.165, 1.54) is 12.0 Å². The highest BCUT2D eigenvalue weighted by atomic mass is 15.2. The minimum atomic E-state index is 0.722. The lowest BCUT2D eigenvalue weighted by Crippen LogP contribution is -2.37. The average molecular weight is 285 g/mol. The molecule has 0 bridgehead atoms. The molecule has 0 atom stereocenters. The van der Waals surface area contributed by atoms with Crippen LogP contribution in [0.3, 0.4) is 0 Å². The van der Waals surface area contributed by atoms with Crippen LogP contribution in [0.1, 0.15) is 25.3 Å². The van der Waals surface area contributed by atoms with Crippen LogP contribution in [0, 0.1) is 0 Å². The molecule has 2 aromatic rings. The second-order valence-corrected chi connectivity index (χ2v) is 4.80. The van der Waals surface area contributed by atoms with Crippen molar-refractivity contribution in [2.45, 2.75) is 26.3 Å². The van der Waals surface area contributed by atoms with Crippen molar-refractivity contribution in [1.29, 1.82) is 0 Å². The Kier molecular flexibility index (Phi) is 5.82. The second-order valence-electron chi connectivity index (χ2n) is 4.80. The van der Waals surface area contributed by atoms with Gasteiger partial charge in [-0.2, -0.15) is 0 Å². The Labute approximate surface area is 126 Å². The summed E-state index contributed by atoms with van der Waals surface area (Å²) in [5.74, 6) is 0.837. The third-order valence-corrected chi connectivity index (χ3v) is 3.27. The molecular weight excluding hydrogens is 262 g/mol. The zero-order valence-corrected chi connectivity index (χ0v) is 12.7. The number of aromatic nitrogens is 2. The Hall–Kier alpha value is -2.30. The highest BCUT2D eigenvalue weighted by Crippen LogP contribution is 2.13. The molecule has 112 valence electrons. The lowest BCUT2D eigenvalue weighted by atomic mass is 10.1. The fraction of sp³-hybridized carbons (Fsp3) is 0.375. The summed E-state index contributed by atoms with van der Waals surface area (Å²) < 4.78 is 2.02. The van der Waals surface area contributed by atoms with E-state index in [1.54, 1.807) is 13.2 Å². The molecule has 2 rings (SSSR count). The number of unbranched alkanes of at least 4 members (excludes halogenated alkanes) is 1. The summed E-state index contributed by atoms with van der Waals surface area (Å²) in [5, 5.41) is 6.67. The normalized spacial score (nSPS) is 11.4. The van der Waals surface area contributed by atoms with Crippen molar-refractivity contribution in [2.75, 3.05) is 13.6 Å². The van der Waals surface area contributed by atoms with Gasteiger partial charge in [0.05, 0.1) is 12.0 Å². The van der Waals surface area contributed by atoms with Crippen LogP contribution < -0.4 is 10.6 Å². The topological polar surface area (TPSA) is 54.2 Å². The van der Waals surface area contributed by atoms with Crippen LogP contribution in [0.15, 0.2) is 48.0 Å². The highest BCUT2D eigenvalue weighted by Gasteiger charge is 2.04. The Morgan fingerprint density at radius 3 is 2.86 bits per heavy atom. The molecule has 0 unspecified atom stereocenters. The molecule has 5 nitrogen and oxygen atoms in total. The first-order chi connectivity index (χ1) is 10.3. The van der Waals surface area contributed by atoms with Crippen LogP contribution in [0.2, 0.25) is 0 Å². The van der Waals surface area contributed by atoms with Gasteiger partial charge < -0.3 is 15.2 Å². The van der Waals surface area contributed by atoms with E-state index in [-0.39, 0.29) is 0 Å². The zero-order valence-electron chi connectivity index (χ0n) is 12.7.